The number of rotatable bonds is 2. The number of nitrogens with zero attached hydrogens (tertiary/aromatic N) is 1. The van der Waals surface area contributed by atoms with E-state index < -0.39 is 11.6 Å². The maximum atomic E-state index is 12.2. The Hall–Kier alpha value is -2.20. The number of anilines is 1. The van der Waals surface area contributed by atoms with Crippen LogP contribution in [0.5, 0.6) is 0 Å². The highest BCUT2D eigenvalue weighted by molar-refractivity contribution is 9.10. The summed E-state index contributed by atoms with van der Waals surface area (Å²) < 4.78 is 0.942. The topological polar surface area (TPSA) is 37.4 Å². The zero-order valence-electron chi connectivity index (χ0n) is 12.3. The van der Waals surface area contributed by atoms with E-state index in [1.54, 1.807) is 18.2 Å². The number of Topliss-reactive ketones (excluding diaryl/α,β-unsaturated/α-hetero) is 2. The molecule has 0 saturated heterocycles. The van der Waals surface area contributed by atoms with Gasteiger partial charge >= 0.3 is 0 Å². The average molecular weight is 356 g/mol. The second kappa shape index (κ2) is 5.54. The van der Waals surface area contributed by atoms with Gasteiger partial charge in [0, 0.05) is 29.7 Å². The Balaban J connectivity index is 2.08. The molecule has 0 unspecified atom stereocenters. The highest BCUT2D eigenvalue weighted by Crippen LogP contribution is 2.32. The summed E-state index contributed by atoms with van der Waals surface area (Å²) in [6.07, 6.45) is 1.77. The first-order valence-corrected chi connectivity index (χ1v) is 7.65. The van der Waals surface area contributed by atoms with Gasteiger partial charge in [0.15, 0.2) is 0 Å². The van der Waals surface area contributed by atoms with Gasteiger partial charge in [-0.3, -0.25) is 9.59 Å². The lowest BCUT2D eigenvalue weighted by Crippen LogP contribution is -2.09. The predicted molar refractivity (Wildman–Crippen MR) is 92.1 cm³/mol. The molecule has 3 nitrogen and oxygen atoms in total. The number of carbonyl (C=O) groups is 2. The minimum Gasteiger partial charge on any atom is -0.377 e. The molecule has 0 atom stereocenters. The smallest absolute Gasteiger partial charge is 0.234 e. The van der Waals surface area contributed by atoms with Crippen LogP contribution in [0.25, 0.3) is 11.6 Å². The molecular weight excluding hydrogens is 342 g/mol. The van der Waals surface area contributed by atoms with Gasteiger partial charge in [0.1, 0.15) is 0 Å². The van der Waals surface area contributed by atoms with Crippen molar-refractivity contribution in [3.8, 4) is 0 Å². The maximum absolute atomic E-state index is 12.2. The lowest BCUT2D eigenvalue weighted by atomic mass is 10.0. The van der Waals surface area contributed by atoms with E-state index >= 15 is 0 Å². The van der Waals surface area contributed by atoms with Gasteiger partial charge in [-0.25, -0.2) is 0 Å². The number of allylic oxidation sites excluding steroid dienone is 1. The average Bonchev–Trinajstić information content (AvgIpc) is 2.73. The van der Waals surface area contributed by atoms with Crippen molar-refractivity contribution in [1.82, 2.24) is 0 Å². The van der Waals surface area contributed by atoms with Gasteiger partial charge in [0.05, 0.1) is 5.69 Å². The van der Waals surface area contributed by atoms with E-state index in [1.807, 2.05) is 49.3 Å². The van der Waals surface area contributed by atoms with Crippen LogP contribution in [0, 0.1) is 0 Å². The lowest BCUT2D eigenvalue weighted by molar-refractivity contribution is -0.109. The molecule has 2 aromatic carbocycles. The number of hydrogen-bond acceptors (Lipinski definition) is 3. The third kappa shape index (κ3) is 2.40. The van der Waals surface area contributed by atoms with Gasteiger partial charge in [0.25, 0.3) is 0 Å². The molecule has 110 valence electrons. The number of hydrogen-bond donors (Lipinski definition) is 0. The van der Waals surface area contributed by atoms with Gasteiger partial charge in [-0.05, 0) is 45.3 Å². The molecule has 4 heteroatoms. The van der Waals surface area contributed by atoms with Crippen LogP contribution in [0.15, 0.2) is 46.9 Å². The van der Waals surface area contributed by atoms with E-state index in [4.69, 9.17) is 0 Å². The molecule has 0 bridgehead atoms. The predicted octanol–water partition coefficient (Wildman–Crippen LogP) is 3.82. The SMILES string of the molecule is CN(C)c1ccc(/C=C2/C(=O)C(=O)c3ccccc32)cc1Br. The Labute approximate surface area is 137 Å². The van der Waals surface area contributed by atoms with Crippen LogP contribution in [0.3, 0.4) is 0 Å². The minimum atomic E-state index is -0.436. The number of ketones is 2. The zero-order chi connectivity index (χ0) is 15.9. The first-order chi connectivity index (χ1) is 10.5. The molecule has 0 aliphatic heterocycles. The summed E-state index contributed by atoms with van der Waals surface area (Å²) in [5, 5.41) is 0. The van der Waals surface area contributed by atoms with Crippen molar-refractivity contribution in [3.63, 3.8) is 0 Å². The third-order valence-corrected chi connectivity index (χ3v) is 4.31. The van der Waals surface area contributed by atoms with Crippen LogP contribution in [0.4, 0.5) is 5.69 Å². The van der Waals surface area contributed by atoms with E-state index in [0.717, 1.165) is 15.7 Å². The molecule has 1 aliphatic rings. The highest BCUT2D eigenvalue weighted by Gasteiger charge is 2.32. The van der Waals surface area contributed by atoms with Gasteiger partial charge in [-0.2, -0.15) is 0 Å². The lowest BCUT2D eigenvalue weighted by Gasteiger charge is -2.14. The van der Waals surface area contributed by atoms with Crippen molar-refractivity contribution < 1.29 is 9.59 Å². The summed E-state index contributed by atoms with van der Waals surface area (Å²) in [6, 6.07) is 13.0. The number of benzene rings is 2. The molecule has 0 radical (unpaired) electrons. The van der Waals surface area contributed by atoms with E-state index in [-0.39, 0.29) is 0 Å². The first-order valence-electron chi connectivity index (χ1n) is 6.86. The normalized spacial score (nSPS) is 15.3. The van der Waals surface area contributed by atoms with Crippen LogP contribution in [0.1, 0.15) is 21.5 Å². The summed E-state index contributed by atoms with van der Waals surface area (Å²) in [6.45, 7) is 0. The van der Waals surface area contributed by atoms with Gasteiger partial charge in [-0.15, -0.1) is 0 Å². The molecule has 0 heterocycles. The van der Waals surface area contributed by atoms with Crippen molar-refractivity contribution in [2.75, 3.05) is 19.0 Å². The molecule has 0 aromatic heterocycles. The van der Waals surface area contributed by atoms with Crippen LogP contribution in [-0.4, -0.2) is 25.7 Å². The summed E-state index contributed by atoms with van der Waals surface area (Å²) in [4.78, 5) is 26.2. The summed E-state index contributed by atoms with van der Waals surface area (Å²) in [7, 11) is 3.93. The third-order valence-electron chi connectivity index (χ3n) is 3.68. The number of fused-ring (bicyclic) bond motifs is 1. The van der Waals surface area contributed by atoms with Crippen molar-refractivity contribution in [1.29, 1.82) is 0 Å². The zero-order valence-corrected chi connectivity index (χ0v) is 13.8. The fourth-order valence-electron chi connectivity index (χ4n) is 2.57. The first kappa shape index (κ1) is 14.7. The molecule has 3 rings (SSSR count). The fourth-order valence-corrected chi connectivity index (χ4v) is 3.32. The summed E-state index contributed by atoms with van der Waals surface area (Å²) in [5.74, 6) is -0.861. The van der Waals surface area contributed by atoms with Gasteiger partial charge in [-0.1, -0.05) is 30.3 Å². The van der Waals surface area contributed by atoms with Crippen LogP contribution in [-0.2, 0) is 4.79 Å². The molecule has 0 amide bonds. The van der Waals surface area contributed by atoms with Crippen molar-refractivity contribution in [3.05, 3.63) is 63.6 Å². The number of halogens is 1. The van der Waals surface area contributed by atoms with E-state index in [0.29, 0.717) is 16.7 Å². The fraction of sp³-hybridized carbons (Fsp3) is 0.111. The van der Waals surface area contributed by atoms with Crippen LogP contribution >= 0.6 is 15.9 Å². The molecular formula is C18H14BrNO2. The molecule has 0 spiro atoms. The standard InChI is InChI=1S/C18H14BrNO2/c1-20(2)16-8-7-11(10-15(16)19)9-14-12-5-3-4-6-13(12)17(21)18(14)22/h3-10H,1-2H3/b14-9+. The Morgan fingerprint density at radius 2 is 1.64 bits per heavy atom. The summed E-state index contributed by atoms with van der Waals surface area (Å²) in [5.41, 5.74) is 3.60. The highest BCUT2D eigenvalue weighted by atomic mass is 79.9. The molecule has 0 saturated carbocycles. The molecule has 0 N–H and O–H groups in total. The Morgan fingerprint density at radius 1 is 0.955 bits per heavy atom. The van der Waals surface area contributed by atoms with Gasteiger partial charge in [0.2, 0.25) is 11.6 Å². The van der Waals surface area contributed by atoms with E-state index in [1.165, 1.54) is 0 Å². The second-order valence-corrected chi connectivity index (χ2v) is 6.22. The largest absolute Gasteiger partial charge is 0.377 e. The molecule has 0 fully saturated rings. The Kier molecular flexibility index (Phi) is 3.71. The van der Waals surface area contributed by atoms with E-state index in [2.05, 4.69) is 15.9 Å². The second-order valence-electron chi connectivity index (χ2n) is 5.37. The van der Waals surface area contributed by atoms with Crippen molar-refractivity contribution in [2.45, 2.75) is 0 Å². The molecule has 1 aliphatic carbocycles. The van der Waals surface area contributed by atoms with Crippen molar-refractivity contribution in [2.24, 2.45) is 0 Å². The Morgan fingerprint density at radius 3 is 2.27 bits per heavy atom. The van der Waals surface area contributed by atoms with Crippen LogP contribution < -0.4 is 4.90 Å². The molecule has 2 aromatic rings. The van der Waals surface area contributed by atoms with Gasteiger partial charge < -0.3 is 4.90 Å². The molecule has 22 heavy (non-hydrogen) atoms. The minimum absolute atomic E-state index is 0.425. The number of carbonyl (C=O) groups excluding carboxylic acids is 2. The van der Waals surface area contributed by atoms with E-state index in [9.17, 15) is 9.59 Å². The summed E-state index contributed by atoms with van der Waals surface area (Å²) >= 11 is 3.53. The monoisotopic (exact) mass is 355 g/mol. The Bertz CT molecular complexity index is 822. The maximum Gasteiger partial charge on any atom is 0.234 e. The quantitative estimate of drug-likeness (QED) is 0.606. The van der Waals surface area contributed by atoms with Crippen molar-refractivity contribution >= 4 is 44.8 Å². The van der Waals surface area contributed by atoms with Crippen LogP contribution in [0.2, 0.25) is 0 Å².